The van der Waals surface area contributed by atoms with Gasteiger partial charge in [0.2, 0.25) is 0 Å². The molecule has 0 amide bonds. The minimum atomic E-state index is 0.978. The van der Waals surface area contributed by atoms with Crippen molar-refractivity contribution in [1.82, 2.24) is 14.5 Å². The molecule has 3 aromatic carbocycles. The Labute approximate surface area is 180 Å². The fraction of sp³-hybridized carbons (Fsp3) is 0. The third-order valence-corrected chi connectivity index (χ3v) is 5.70. The first-order chi connectivity index (χ1) is 15.4. The normalized spacial score (nSPS) is 11.2. The summed E-state index contributed by atoms with van der Waals surface area (Å²) in [7, 11) is 0. The van der Waals surface area contributed by atoms with Gasteiger partial charge in [-0.25, -0.2) is 0 Å². The van der Waals surface area contributed by atoms with Crippen molar-refractivity contribution in [3.8, 4) is 28.2 Å². The molecular formula is C28H19N3. The third kappa shape index (κ3) is 2.99. The number of benzene rings is 3. The largest absolute Gasteiger partial charge is 0.309 e. The van der Waals surface area contributed by atoms with Crippen LogP contribution in [0.2, 0.25) is 0 Å². The van der Waals surface area contributed by atoms with Crippen LogP contribution in [0.25, 0.3) is 50.0 Å². The van der Waals surface area contributed by atoms with E-state index in [1.54, 1.807) is 0 Å². The Morgan fingerprint density at radius 2 is 1.00 bits per heavy atom. The lowest BCUT2D eigenvalue weighted by molar-refractivity contribution is 1.18. The zero-order chi connectivity index (χ0) is 20.6. The molecule has 0 saturated heterocycles. The van der Waals surface area contributed by atoms with Crippen LogP contribution in [0.5, 0.6) is 0 Å². The fourth-order valence-corrected chi connectivity index (χ4v) is 4.26. The molecule has 3 nitrogen and oxygen atoms in total. The summed E-state index contributed by atoms with van der Waals surface area (Å²) in [6.07, 6.45) is 3.68. The van der Waals surface area contributed by atoms with Crippen molar-refractivity contribution in [2.45, 2.75) is 0 Å². The zero-order valence-electron chi connectivity index (χ0n) is 16.8. The predicted molar refractivity (Wildman–Crippen MR) is 127 cm³/mol. The van der Waals surface area contributed by atoms with Gasteiger partial charge in [-0.05, 0) is 60.7 Å². The van der Waals surface area contributed by atoms with Gasteiger partial charge in [0, 0.05) is 40.0 Å². The van der Waals surface area contributed by atoms with Gasteiger partial charge < -0.3 is 4.57 Å². The number of hydrogen-bond donors (Lipinski definition) is 0. The molecule has 0 bridgehead atoms. The summed E-state index contributed by atoms with van der Waals surface area (Å²) >= 11 is 0. The smallest absolute Gasteiger partial charge is 0.0702 e. The first-order valence-electron chi connectivity index (χ1n) is 10.3. The molecule has 0 N–H and O–H groups in total. The van der Waals surface area contributed by atoms with Crippen LogP contribution in [-0.4, -0.2) is 14.5 Å². The summed E-state index contributed by atoms with van der Waals surface area (Å²) in [5.41, 5.74) is 7.69. The number of para-hydroxylation sites is 1. The highest BCUT2D eigenvalue weighted by molar-refractivity contribution is 6.11. The Kier molecular flexibility index (Phi) is 4.10. The highest BCUT2D eigenvalue weighted by Gasteiger charge is 2.14. The van der Waals surface area contributed by atoms with Gasteiger partial charge in [0.05, 0.1) is 22.4 Å². The SMILES string of the molecule is c1ccc(-n2c3ccc(-c4ccccn4)cc3c3cc(-c4ccccn4)ccc32)cc1. The summed E-state index contributed by atoms with van der Waals surface area (Å²) in [4.78, 5) is 9.10. The summed E-state index contributed by atoms with van der Waals surface area (Å²) in [5, 5.41) is 2.42. The molecule has 0 saturated carbocycles. The molecule has 0 aliphatic heterocycles. The van der Waals surface area contributed by atoms with E-state index >= 15 is 0 Å². The molecule has 0 atom stereocenters. The fourth-order valence-electron chi connectivity index (χ4n) is 4.26. The quantitative estimate of drug-likeness (QED) is 0.325. The molecule has 3 heteroatoms. The molecule has 6 rings (SSSR count). The van der Waals surface area contributed by atoms with Crippen molar-refractivity contribution >= 4 is 21.8 Å². The Morgan fingerprint density at radius 1 is 0.484 bits per heavy atom. The number of pyridine rings is 2. The molecule has 146 valence electrons. The minimum Gasteiger partial charge on any atom is -0.309 e. The molecule has 0 radical (unpaired) electrons. The van der Waals surface area contributed by atoms with E-state index in [0.717, 1.165) is 28.2 Å². The van der Waals surface area contributed by atoms with E-state index in [1.165, 1.54) is 21.8 Å². The van der Waals surface area contributed by atoms with Crippen molar-refractivity contribution in [2.75, 3.05) is 0 Å². The van der Waals surface area contributed by atoms with E-state index in [9.17, 15) is 0 Å². The summed E-state index contributed by atoms with van der Waals surface area (Å²) in [5.74, 6) is 0. The van der Waals surface area contributed by atoms with Gasteiger partial charge in [0.15, 0.2) is 0 Å². The summed E-state index contributed by atoms with van der Waals surface area (Å²) in [6.45, 7) is 0. The number of nitrogens with zero attached hydrogens (tertiary/aromatic N) is 3. The van der Waals surface area contributed by atoms with E-state index in [-0.39, 0.29) is 0 Å². The Morgan fingerprint density at radius 3 is 1.48 bits per heavy atom. The van der Waals surface area contributed by atoms with Crippen LogP contribution >= 0.6 is 0 Å². The number of rotatable bonds is 3. The van der Waals surface area contributed by atoms with Crippen LogP contribution in [0, 0.1) is 0 Å². The van der Waals surface area contributed by atoms with Crippen molar-refractivity contribution < 1.29 is 0 Å². The topological polar surface area (TPSA) is 30.7 Å². The number of hydrogen-bond acceptors (Lipinski definition) is 2. The molecule has 3 aromatic heterocycles. The Hall–Kier alpha value is -4.24. The highest BCUT2D eigenvalue weighted by Crippen LogP contribution is 2.36. The lowest BCUT2D eigenvalue weighted by atomic mass is 10.0. The number of aromatic nitrogens is 3. The van der Waals surface area contributed by atoms with Crippen LogP contribution in [0.1, 0.15) is 0 Å². The second kappa shape index (κ2) is 7.22. The van der Waals surface area contributed by atoms with Gasteiger partial charge in [-0.1, -0.05) is 42.5 Å². The third-order valence-electron chi connectivity index (χ3n) is 5.70. The van der Waals surface area contributed by atoms with Crippen molar-refractivity contribution in [1.29, 1.82) is 0 Å². The lowest BCUT2D eigenvalue weighted by Gasteiger charge is -2.08. The summed E-state index contributed by atoms with van der Waals surface area (Å²) in [6, 6.07) is 35.8. The van der Waals surface area contributed by atoms with Gasteiger partial charge in [-0.2, -0.15) is 0 Å². The van der Waals surface area contributed by atoms with E-state index in [0.29, 0.717) is 0 Å². The highest BCUT2D eigenvalue weighted by atomic mass is 15.0. The van der Waals surface area contributed by atoms with Crippen molar-refractivity contribution in [3.05, 3.63) is 116 Å². The molecule has 6 aromatic rings. The average molecular weight is 397 g/mol. The molecule has 0 aliphatic rings. The molecule has 0 spiro atoms. The molecule has 3 heterocycles. The van der Waals surface area contributed by atoms with Crippen LogP contribution in [0.15, 0.2) is 116 Å². The van der Waals surface area contributed by atoms with E-state index in [1.807, 2.05) is 36.7 Å². The molecule has 0 unspecified atom stereocenters. The predicted octanol–water partition coefficient (Wildman–Crippen LogP) is 6.91. The summed E-state index contributed by atoms with van der Waals surface area (Å²) < 4.78 is 2.33. The Bertz CT molecular complexity index is 1410. The lowest BCUT2D eigenvalue weighted by Crippen LogP contribution is -1.93. The maximum Gasteiger partial charge on any atom is 0.0702 e. The van der Waals surface area contributed by atoms with Gasteiger partial charge in [-0.3, -0.25) is 9.97 Å². The van der Waals surface area contributed by atoms with E-state index < -0.39 is 0 Å². The second-order valence-electron chi connectivity index (χ2n) is 7.56. The maximum absolute atomic E-state index is 4.55. The standard InChI is InChI=1S/C28H19N3/c1-2-8-22(9-3-1)31-27-14-12-20(25-10-4-6-16-29-25)18-23(27)24-19-21(13-15-28(24)31)26-11-5-7-17-30-26/h1-19H. The first kappa shape index (κ1) is 17.6. The van der Waals surface area contributed by atoms with Crippen LogP contribution in [0.4, 0.5) is 0 Å². The number of fused-ring (bicyclic) bond motifs is 3. The monoisotopic (exact) mass is 397 g/mol. The second-order valence-corrected chi connectivity index (χ2v) is 7.56. The van der Waals surface area contributed by atoms with Gasteiger partial charge in [0.25, 0.3) is 0 Å². The van der Waals surface area contributed by atoms with E-state index in [4.69, 9.17) is 0 Å². The molecule has 31 heavy (non-hydrogen) atoms. The molecular weight excluding hydrogens is 378 g/mol. The maximum atomic E-state index is 4.55. The minimum absolute atomic E-state index is 0.978. The first-order valence-corrected chi connectivity index (χ1v) is 10.3. The van der Waals surface area contributed by atoms with Gasteiger partial charge in [0.1, 0.15) is 0 Å². The molecule has 0 fully saturated rings. The average Bonchev–Trinajstić information content (AvgIpc) is 3.18. The Balaban J connectivity index is 1.67. The van der Waals surface area contributed by atoms with Crippen LogP contribution < -0.4 is 0 Å². The van der Waals surface area contributed by atoms with Crippen molar-refractivity contribution in [3.63, 3.8) is 0 Å². The molecule has 0 aliphatic carbocycles. The van der Waals surface area contributed by atoms with Crippen molar-refractivity contribution in [2.24, 2.45) is 0 Å². The van der Waals surface area contributed by atoms with Crippen LogP contribution in [-0.2, 0) is 0 Å². The zero-order valence-corrected chi connectivity index (χ0v) is 16.8. The van der Waals surface area contributed by atoms with E-state index in [2.05, 4.69) is 93.4 Å². The van der Waals surface area contributed by atoms with Gasteiger partial charge in [-0.15, -0.1) is 0 Å². The van der Waals surface area contributed by atoms with Gasteiger partial charge >= 0.3 is 0 Å². The van der Waals surface area contributed by atoms with Crippen LogP contribution in [0.3, 0.4) is 0 Å².